The van der Waals surface area contributed by atoms with Crippen molar-refractivity contribution in [2.24, 2.45) is 13.0 Å². The molecule has 1 aliphatic rings. The molecule has 4 aromatic heterocycles. The minimum atomic E-state index is 0.00403. The van der Waals surface area contributed by atoms with Gasteiger partial charge in [-0.1, -0.05) is 35.5 Å². The number of ether oxygens (including phenoxy) is 1. The Kier molecular flexibility index (Phi) is 5.23. The van der Waals surface area contributed by atoms with E-state index < -0.39 is 0 Å². The molecule has 0 spiro atoms. The Hall–Kier alpha value is -4.16. The average Bonchev–Trinajstić information content (AvgIpc) is 3.41. The molecular formula is C26H24N8O. The van der Waals surface area contributed by atoms with Crippen molar-refractivity contribution in [3.63, 3.8) is 0 Å². The second-order valence-electron chi connectivity index (χ2n) is 8.96. The molecule has 9 nitrogen and oxygen atoms in total. The highest BCUT2D eigenvalue weighted by Gasteiger charge is 2.31. The van der Waals surface area contributed by atoms with Crippen LogP contribution in [0.1, 0.15) is 36.0 Å². The van der Waals surface area contributed by atoms with Crippen LogP contribution in [0.5, 0.6) is 0 Å². The lowest BCUT2D eigenvalue weighted by Crippen LogP contribution is -2.27. The van der Waals surface area contributed by atoms with Crippen LogP contribution in [0.4, 0.5) is 0 Å². The van der Waals surface area contributed by atoms with Gasteiger partial charge in [-0.2, -0.15) is 5.26 Å². The van der Waals surface area contributed by atoms with Crippen LogP contribution in [0.25, 0.3) is 33.3 Å². The third kappa shape index (κ3) is 3.54. The molecule has 0 amide bonds. The number of fused-ring (bicyclic) bond motifs is 3. The Balaban J connectivity index is 1.69. The van der Waals surface area contributed by atoms with Gasteiger partial charge in [0, 0.05) is 38.2 Å². The topological polar surface area (TPSA) is 107 Å². The summed E-state index contributed by atoms with van der Waals surface area (Å²) in [4.78, 5) is 13.8. The maximum absolute atomic E-state index is 9.56. The van der Waals surface area contributed by atoms with E-state index in [-0.39, 0.29) is 11.9 Å². The molecule has 0 bridgehead atoms. The van der Waals surface area contributed by atoms with Gasteiger partial charge < -0.3 is 9.30 Å². The van der Waals surface area contributed by atoms with E-state index in [9.17, 15) is 5.26 Å². The number of hydrogen-bond donors (Lipinski definition) is 0. The van der Waals surface area contributed by atoms with Gasteiger partial charge in [0.05, 0.1) is 33.8 Å². The molecule has 1 atom stereocenters. The van der Waals surface area contributed by atoms with Crippen molar-refractivity contribution in [3.05, 3.63) is 65.9 Å². The van der Waals surface area contributed by atoms with Gasteiger partial charge in [-0.05, 0) is 37.3 Å². The molecule has 0 aliphatic carbocycles. The maximum Gasteiger partial charge on any atom is 0.234 e. The predicted molar refractivity (Wildman–Crippen MR) is 130 cm³/mol. The van der Waals surface area contributed by atoms with Gasteiger partial charge in [0.2, 0.25) is 5.82 Å². The summed E-state index contributed by atoms with van der Waals surface area (Å²) in [7, 11) is 1.88. The third-order valence-electron chi connectivity index (χ3n) is 6.88. The molecule has 1 fully saturated rings. The average molecular weight is 465 g/mol. The lowest BCUT2D eigenvalue weighted by atomic mass is 9.86. The van der Waals surface area contributed by atoms with E-state index in [0.717, 1.165) is 65.1 Å². The zero-order chi connectivity index (χ0) is 23.9. The van der Waals surface area contributed by atoms with Gasteiger partial charge in [-0.25, -0.2) is 14.6 Å². The highest BCUT2D eigenvalue weighted by molar-refractivity contribution is 6.05. The molecule has 0 N–H and O–H groups in total. The van der Waals surface area contributed by atoms with E-state index in [1.807, 2.05) is 26.2 Å². The van der Waals surface area contributed by atoms with Crippen LogP contribution in [0.15, 0.2) is 48.8 Å². The van der Waals surface area contributed by atoms with Crippen LogP contribution in [0.3, 0.4) is 0 Å². The fourth-order valence-electron chi connectivity index (χ4n) is 5.32. The van der Waals surface area contributed by atoms with E-state index in [2.05, 4.69) is 61.2 Å². The maximum atomic E-state index is 9.56. The summed E-state index contributed by atoms with van der Waals surface area (Å²) in [5.41, 5.74) is 6.36. The highest BCUT2D eigenvalue weighted by Crippen LogP contribution is 2.40. The predicted octanol–water partition coefficient (Wildman–Crippen LogP) is 3.97. The number of rotatable bonds is 4. The van der Waals surface area contributed by atoms with Crippen molar-refractivity contribution in [1.82, 2.24) is 34.5 Å². The molecule has 5 heterocycles. The number of nitrogens with zero attached hydrogens (tertiary/aromatic N) is 8. The quantitative estimate of drug-likeness (QED) is 0.396. The second kappa shape index (κ2) is 8.56. The van der Waals surface area contributed by atoms with Gasteiger partial charge in [0.1, 0.15) is 11.7 Å². The van der Waals surface area contributed by atoms with Crippen molar-refractivity contribution < 1.29 is 4.74 Å². The number of benzene rings is 1. The standard InChI is InChI=1S/C26H24N8O/c1-16-24(33(2)32-31-16)19-12-21-23(29-14-19)20-15-28-22(13-27)30-26(20)34(21)25(17-6-4-3-5-7-17)18-8-10-35-11-9-18/h3-7,12,14-15,18,25H,8-11H2,1-2H3/t25-/m1/s1. The zero-order valence-corrected chi connectivity index (χ0v) is 19.6. The molecule has 9 heteroatoms. The van der Waals surface area contributed by atoms with E-state index in [4.69, 9.17) is 9.72 Å². The molecule has 174 valence electrons. The van der Waals surface area contributed by atoms with Crippen LogP contribution in [-0.2, 0) is 11.8 Å². The Labute approximate surface area is 202 Å². The molecule has 6 rings (SSSR count). The highest BCUT2D eigenvalue weighted by atomic mass is 16.5. The summed E-state index contributed by atoms with van der Waals surface area (Å²) in [5.74, 6) is 0.487. The van der Waals surface area contributed by atoms with Crippen LogP contribution in [-0.4, -0.2) is 47.7 Å². The van der Waals surface area contributed by atoms with Crippen molar-refractivity contribution in [2.75, 3.05) is 13.2 Å². The van der Waals surface area contributed by atoms with Gasteiger partial charge in [-0.15, -0.1) is 5.10 Å². The first kappa shape index (κ1) is 21.4. The SMILES string of the molecule is Cc1nnn(C)c1-c1cnc2c3cnc(C#N)nc3n([C@H](c3ccccc3)C3CCOCC3)c2c1. The zero-order valence-electron chi connectivity index (χ0n) is 19.6. The molecule has 35 heavy (non-hydrogen) atoms. The second-order valence-corrected chi connectivity index (χ2v) is 8.96. The lowest BCUT2D eigenvalue weighted by molar-refractivity contribution is 0.0552. The summed E-state index contributed by atoms with van der Waals surface area (Å²) < 4.78 is 9.73. The van der Waals surface area contributed by atoms with Crippen LogP contribution < -0.4 is 0 Å². The normalized spacial score (nSPS) is 15.5. The summed E-state index contributed by atoms with van der Waals surface area (Å²) in [6, 6.07) is 14.7. The summed E-state index contributed by atoms with van der Waals surface area (Å²) in [6.07, 6.45) is 5.45. The first-order valence-corrected chi connectivity index (χ1v) is 11.7. The lowest BCUT2D eigenvalue weighted by Gasteiger charge is -2.32. The molecule has 5 aromatic rings. The van der Waals surface area contributed by atoms with Crippen molar-refractivity contribution >= 4 is 22.1 Å². The minimum absolute atomic E-state index is 0.00403. The van der Waals surface area contributed by atoms with Gasteiger partial charge in [0.15, 0.2) is 0 Å². The first-order chi connectivity index (χ1) is 17.2. The number of hydrogen-bond acceptors (Lipinski definition) is 7. The fourth-order valence-corrected chi connectivity index (χ4v) is 5.32. The van der Waals surface area contributed by atoms with E-state index in [1.54, 1.807) is 10.9 Å². The summed E-state index contributed by atoms with van der Waals surface area (Å²) in [5, 5.41) is 18.8. The number of pyridine rings is 1. The van der Waals surface area contributed by atoms with E-state index >= 15 is 0 Å². The fraction of sp³-hybridized carbons (Fsp3) is 0.308. The number of aromatic nitrogens is 7. The van der Waals surface area contributed by atoms with Crippen LogP contribution >= 0.6 is 0 Å². The minimum Gasteiger partial charge on any atom is -0.381 e. The van der Waals surface area contributed by atoms with Gasteiger partial charge >= 0.3 is 0 Å². The summed E-state index contributed by atoms with van der Waals surface area (Å²) in [6.45, 7) is 3.40. The monoisotopic (exact) mass is 464 g/mol. The molecule has 1 aliphatic heterocycles. The van der Waals surface area contributed by atoms with E-state index in [0.29, 0.717) is 5.92 Å². The molecule has 0 unspecified atom stereocenters. The number of aryl methyl sites for hydroxylation is 2. The van der Waals surface area contributed by atoms with E-state index in [1.165, 1.54) is 5.56 Å². The smallest absolute Gasteiger partial charge is 0.234 e. The van der Waals surface area contributed by atoms with Crippen molar-refractivity contribution in [2.45, 2.75) is 25.8 Å². The Morgan fingerprint density at radius 1 is 1.11 bits per heavy atom. The molecule has 1 saturated heterocycles. The van der Waals surface area contributed by atoms with Crippen LogP contribution in [0, 0.1) is 24.2 Å². The summed E-state index contributed by atoms with van der Waals surface area (Å²) >= 11 is 0. The van der Waals surface area contributed by atoms with Gasteiger partial charge in [0.25, 0.3) is 0 Å². The number of nitriles is 1. The molecule has 0 saturated carbocycles. The Bertz CT molecular complexity index is 1550. The molecule has 0 radical (unpaired) electrons. The molecule has 1 aromatic carbocycles. The van der Waals surface area contributed by atoms with Crippen molar-refractivity contribution in [1.29, 1.82) is 5.26 Å². The third-order valence-corrected chi connectivity index (χ3v) is 6.88. The Morgan fingerprint density at radius 2 is 1.91 bits per heavy atom. The largest absolute Gasteiger partial charge is 0.381 e. The Morgan fingerprint density at radius 3 is 2.63 bits per heavy atom. The van der Waals surface area contributed by atoms with Crippen molar-refractivity contribution in [3.8, 4) is 17.3 Å². The first-order valence-electron chi connectivity index (χ1n) is 11.7. The van der Waals surface area contributed by atoms with Gasteiger partial charge in [-0.3, -0.25) is 4.98 Å². The van der Waals surface area contributed by atoms with Crippen LogP contribution in [0.2, 0.25) is 0 Å². The molecular weight excluding hydrogens is 440 g/mol.